The highest BCUT2D eigenvalue weighted by atomic mass is 32.1. The van der Waals surface area contributed by atoms with Crippen molar-refractivity contribution in [1.82, 2.24) is 15.0 Å². The first-order chi connectivity index (χ1) is 30.7. The molecule has 2 aromatic heterocycles. The van der Waals surface area contributed by atoms with E-state index in [0.29, 0.717) is 17.5 Å². The first kappa shape index (κ1) is 37.0. The van der Waals surface area contributed by atoms with Gasteiger partial charge in [-0.25, -0.2) is 15.0 Å². The minimum Gasteiger partial charge on any atom is -0.310 e. The highest BCUT2D eigenvalue weighted by Crippen LogP contribution is 2.46. The molecule has 0 saturated carbocycles. The maximum atomic E-state index is 5.13. The van der Waals surface area contributed by atoms with Crippen molar-refractivity contribution in [3.63, 3.8) is 0 Å². The molecule has 0 radical (unpaired) electrons. The van der Waals surface area contributed by atoms with Gasteiger partial charge in [0.2, 0.25) is 0 Å². The zero-order chi connectivity index (χ0) is 41.2. The Morgan fingerprint density at radius 1 is 0.290 bits per heavy atom. The topological polar surface area (TPSA) is 41.9 Å². The summed E-state index contributed by atoms with van der Waals surface area (Å²) in [7, 11) is 0. The summed E-state index contributed by atoms with van der Waals surface area (Å²) in [4.78, 5) is 17.6. The first-order valence-electron chi connectivity index (χ1n) is 20.8. The predicted molar refractivity (Wildman–Crippen MR) is 260 cm³/mol. The minimum absolute atomic E-state index is 0.637. The second-order valence-electron chi connectivity index (χ2n) is 15.2. The molecule has 0 bridgehead atoms. The third-order valence-electron chi connectivity index (χ3n) is 11.3. The number of thiophene rings is 1. The quantitative estimate of drug-likeness (QED) is 0.146. The van der Waals surface area contributed by atoms with Crippen molar-refractivity contribution >= 4 is 48.6 Å². The van der Waals surface area contributed by atoms with Crippen LogP contribution in [0.15, 0.2) is 231 Å². The van der Waals surface area contributed by atoms with E-state index in [1.54, 1.807) is 0 Å². The summed E-state index contributed by atoms with van der Waals surface area (Å²) in [6.07, 6.45) is 0. The molecule has 9 aromatic carbocycles. The van der Waals surface area contributed by atoms with Crippen LogP contribution in [0.2, 0.25) is 0 Å². The van der Waals surface area contributed by atoms with Crippen LogP contribution in [0.25, 0.3) is 87.7 Å². The van der Waals surface area contributed by atoms with Gasteiger partial charge in [-0.1, -0.05) is 182 Å². The molecule has 0 unspecified atom stereocenters. The van der Waals surface area contributed by atoms with Gasteiger partial charge in [0, 0.05) is 53.9 Å². The number of fused-ring (bicyclic) bond motifs is 3. The fourth-order valence-electron chi connectivity index (χ4n) is 8.38. The molecule has 0 spiro atoms. The molecule has 0 aliphatic heterocycles. The summed E-state index contributed by atoms with van der Waals surface area (Å²) >= 11 is 1.83. The Kier molecular flexibility index (Phi) is 9.69. The Morgan fingerprint density at radius 3 is 1.35 bits per heavy atom. The van der Waals surface area contributed by atoms with Crippen LogP contribution in [0.3, 0.4) is 0 Å². The SMILES string of the molecule is c1ccc(-c2cc(-c3ccccc3)cc(N(c3ccccc3)c3ccc4c(c3)sc3cccc(-c5ccccc5-c5nc(-c6ccccc6)nc(-c6ccccc6)n5)c34)c2)cc1. The van der Waals surface area contributed by atoms with Gasteiger partial charge in [0.1, 0.15) is 0 Å². The van der Waals surface area contributed by atoms with Gasteiger partial charge in [0.25, 0.3) is 0 Å². The summed E-state index contributed by atoms with van der Waals surface area (Å²) in [6, 6.07) is 81.3. The van der Waals surface area contributed by atoms with Gasteiger partial charge in [0.15, 0.2) is 17.5 Å². The van der Waals surface area contributed by atoms with E-state index in [9.17, 15) is 0 Å². The van der Waals surface area contributed by atoms with Gasteiger partial charge in [-0.3, -0.25) is 0 Å². The number of rotatable bonds is 9. The molecule has 0 N–H and O–H groups in total. The molecule has 62 heavy (non-hydrogen) atoms. The Hall–Kier alpha value is -7.99. The molecule has 0 amide bonds. The van der Waals surface area contributed by atoms with E-state index in [2.05, 4.69) is 175 Å². The molecule has 2 heterocycles. The minimum atomic E-state index is 0.637. The summed E-state index contributed by atoms with van der Waals surface area (Å²) in [5, 5.41) is 2.43. The number of aromatic nitrogens is 3. The maximum Gasteiger partial charge on any atom is 0.164 e. The molecule has 0 aliphatic rings. The van der Waals surface area contributed by atoms with Crippen LogP contribution in [0.4, 0.5) is 17.1 Å². The lowest BCUT2D eigenvalue weighted by Crippen LogP contribution is -2.10. The van der Waals surface area contributed by atoms with Gasteiger partial charge in [-0.15, -0.1) is 11.3 Å². The fourth-order valence-corrected chi connectivity index (χ4v) is 9.54. The highest BCUT2D eigenvalue weighted by molar-refractivity contribution is 7.26. The van der Waals surface area contributed by atoms with Crippen LogP contribution in [-0.4, -0.2) is 15.0 Å². The fraction of sp³-hybridized carbons (Fsp3) is 0. The number of para-hydroxylation sites is 1. The van der Waals surface area contributed by atoms with E-state index in [-0.39, 0.29) is 0 Å². The standard InChI is InChI=1S/C57H38N4S/c1-6-19-39(20-7-1)43-35-44(40-21-8-2-9-22-40)37-47(36-43)61(45-27-14-5-15-28-45)46-33-34-51-53(38-46)62-52-32-18-31-49(54(51)52)48-29-16-17-30-50(48)57-59-55(41-23-10-3-11-24-41)58-56(60-57)42-25-12-4-13-26-42/h1-38H. The van der Waals surface area contributed by atoms with Crippen LogP contribution in [0.1, 0.15) is 0 Å². The van der Waals surface area contributed by atoms with Gasteiger partial charge in [-0.05, 0) is 81.9 Å². The Balaban J connectivity index is 1.07. The lowest BCUT2D eigenvalue weighted by atomic mass is 9.95. The summed E-state index contributed by atoms with van der Waals surface area (Å²) in [5.41, 5.74) is 13.0. The zero-order valence-corrected chi connectivity index (χ0v) is 34.5. The predicted octanol–water partition coefficient (Wildman–Crippen LogP) is 15.7. The number of benzene rings is 9. The lowest BCUT2D eigenvalue weighted by molar-refractivity contribution is 1.07. The number of nitrogens with zero attached hydrogens (tertiary/aromatic N) is 4. The largest absolute Gasteiger partial charge is 0.310 e. The highest BCUT2D eigenvalue weighted by Gasteiger charge is 2.21. The molecular weight excluding hydrogens is 773 g/mol. The van der Waals surface area contributed by atoms with Crippen LogP contribution in [0, 0.1) is 0 Å². The monoisotopic (exact) mass is 810 g/mol. The van der Waals surface area contributed by atoms with E-state index >= 15 is 0 Å². The molecule has 0 atom stereocenters. The second kappa shape index (κ2) is 16.2. The Bertz CT molecular complexity index is 3220. The average Bonchev–Trinajstić information content (AvgIpc) is 3.74. The molecular formula is C57H38N4S. The second-order valence-corrected chi connectivity index (χ2v) is 16.3. The van der Waals surface area contributed by atoms with Gasteiger partial charge >= 0.3 is 0 Å². The van der Waals surface area contributed by atoms with Crippen LogP contribution < -0.4 is 4.90 Å². The van der Waals surface area contributed by atoms with E-state index in [1.165, 1.54) is 42.4 Å². The molecule has 11 aromatic rings. The van der Waals surface area contributed by atoms with Crippen molar-refractivity contribution in [2.24, 2.45) is 0 Å². The molecule has 5 heteroatoms. The molecule has 0 aliphatic carbocycles. The Labute approximate surface area is 364 Å². The number of hydrogen-bond acceptors (Lipinski definition) is 5. The Morgan fingerprint density at radius 2 is 0.774 bits per heavy atom. The summed E-state index contributed by atoms with van der Waals surface area (Å²) in [5.74, 6) is 1.92. The van der Waals surface area contributed by atoms with Gasteiger partial charge in [0.05, 0.1) is 0 Å². The van der Waals surface area contributed by atoms with Gasteiger partial charge in [-0.2, -0.15) is 0 Å². The molecule has 4 nitrogen and oxygen atoms in total. The normalized spacial score (nSPS) is 11.2. The van der Waals surface area contributed by atoms with Crippen molar-refractivity contribution in [2.75, 3.05) is 4.90 Å². The van der Waals surface area contributed by atoms with Crippen LogP contribution >= 0.6 is 11.3 Å². The van der Waals surface area contributed by atoms with Crippen molar-refractivity contribution in [2.45, 2.75) is 0 Å². The van der Waals surface area contributed by atoms with Crippen molar-refractivity contribution in [1.29, 1.82) is 0 Å². The van der Waals surface area contributed by atoms with E-state index in [0.717, 1.165) is 44.9 Å². The van der Waals surface area contributed by atoms with E-state index in [4.69, 9.17) is 15.0 Å². The van der Waals surface area contributed by atoms with Crippen molar-refractivity contribution in [3.8, 4) is 67.5 Å². The van der Waals surface area contributed by atoms with Gasteiger partial charge < -0.3 is 4.90 Å². The smallest absolute Gasteiger partial charge is 0.164 e. The van der Waals surface area contributed by atoms with E-state index in [1.807, 2.05) is 72.0 Å². The molecule has 0 saturated heterocycles. The van der Waals surface area contributed by atoms with Crippen LogP contribution in [-0.2, 0) is 0 Å². The van der Waals surface area contributed by atoms with Crippen LogP contribution in [0.5, 0.6) is 0 Å². The molecule has 0 fully saturated rings. The maximum absolute atomic E-state index is 5.13. The third kappa shape index (κ3) is 7.11. The molecule has 11 rings (SSSR count). The molecule has 292 valence electrons. The number of anilines is 3. The van der Waals surface area contributed by atoms with E-state index < -0.39 is 0 Å². The number of hydrogen-bond donors (Lipinski definition) is 0. The third-order valence-corrected chi connectivity index (χ3v) is 12.4. The summed E-state index contributed by atoms with van der Waals surface area (Å²) in [6.45, 7) is 0. The lowest BCUT2D eigenvalue weighted by Gasteiger charge is -2.27. The zero-order valence-electron chi connectivity index (χ0n) is 33.6. The first-order valence-corrected chi connectivity index (χ1v) is 21.6. The summed E-state index contributed by atoms with van der Waals surface area (Å²) < 4.78 is 2.43. The van der Waals surface area contributed by atoms with Crippen molar-refractivity contribution < 1.29 is 0 Å². The van der Waals surface area contributed by atoms with Crippen molar-refractivity contribution in [3.05, 3.63) is 231 Å². The average molecular weight is 811 g/mol.